The fourth-order valence-corrected chi connectivity index (χ4v) is 3.69. The summed E-state index contributed by atoms with van der Waals surface area (Å²) in [5.74, 6) is 1.55. The number of fused-ring (bicyclic) bond motifs is 1. The zero-order chi connectivity index (χ0) is 16.5. The van der Waals surface area contributed by atoms with Crippen LogP contribution in [0.1, 0.15) is 41.8 Å². The molecule has 2 aliphatic heterocycles. The lowest BCUT2D eigenvalue weighted by Crippen LogP contribution is -2.40. The van der Waals surface area contributed by atoms with Gasteiger partial charge in [0.2, 0.25) is 17.7 Å². The van der Waals surface area contributed by atoms with E-state index < -0.39 is 0 Å². The molecule has 1 amide bonds. The fourth-order valence-electron chi connectivity index (χ4n) is 3.69. The van der Waals surface area contributed by atoms with Gasteiger partial charge in [0, 0.05) is 39.5 Å². The lowest BCUT2D eigenvalue weighted by molar-refractivity contribution is -0.128. The first-order chi connectivity index (χ1) is 11.7. The molecule has 1 fully saturated rings. The molecule has 0 spiro atoms. The van der Waals surface area contributed by atoms with E-state index in [0.717, 1.165) is 39.0 Å². The number of likely N-dealkylation sites (tertiary alicyclic amines) is 1. The van der Waals surface area contributed by atoms with Gasteiger partial charge < -0.3 is 9.32 Å². The molecular weight excluding hydrogens is 304 g/mol. The van der Waals surface area contributed by atoms with Crippen molar-refractivity contribution < 1.29 is 9.21 Å². The molecule has 126 valence electrons. The monoisotopic (exact) mass is 326 g/mol. The molecule has 1 aromatic carbocycles. The van der Waals surface area contributed by atoms with Gasteiger partial charge in [-0.2, -0.15) is 0 Å². The molecule has 0 unspecified atom stereocenters. The molecule has 1 aromatic heterocycles. The molecular formula is C18H22N4O2. The summed E-state index contributed by atoms with van der Waals surface area (Å²) in [6.07, 6.45) is 2.54. The van der Waals surface area contributed by atoms with E-state index >= 15 is 0 Å². The Morgan fingerprint density at radius 3 is 2.75 bits per heavy atom. The van der Waals surface area contributed by atoms with Crippen molar-refractivity contribution in [3.05, 3.63) is 47.2 Å². The van der Waals surface area contributed by atoms with E-state index in [0.29, 0.717) is 18.2 Å². The third-order valence-corrected chi connectivity index (χ3v) is 5.00. The van der Waals surface area contributed by atoms with E-state index in [1.165, 1.54) is 11.1 Å². The molecule has 0 bridgehead atoms. The summed E-state index contributed by atoms with van der Waals surface area (Å²) in [5.41, 5.74) is 2.68. The van der Waals surface area contributed by atoms with Gasteiger partial charge in [0.15, 0.2) is 0 Å². The molecule has 1 atom stereocenters. The van der Waals surface area contributed by atoms with Crippen LogP contribution < -0.4 is 0 Å². The van der Waals surface area contributed by atoms with Gasteiger partial charge in [-0.05, 0) is 24.0 Å². The Morgan fingerprint density at radius 1 is 1.21 bits per heavy atom. The Kier molecular flexibility index (Phi) is 4.06. The van der Waals surface area contributed by atoms with E-state index in [1.54, 1.807) is 0 Å². The van der Waals surface area contributed by atoms with Gasteiger partial charge in [0.1, 0.15) is 0 Å². The summed E-state index contributed by atoms with van der Waals surface area (Å²) in [5, 5.41) is 8.24. The second-order valence-electron chi connectivity index (χ2n) is 6.60. The molecule has 0 radical (unpaired) electrons. The molecule has 2 aromatic rings. The van der Waals surface area contributed by atoms with Crippen molar-refractivity contribution in [3.63, 3.8) is 0 Å². The fraction of sp³-hybridized carbons (Fsp3) is 0.500. The predicted molar refractivity (Wildman–Crippen MR) is 88.1 cm³/mol. The van der Waals surface area contributed by atoms with Gasteiger partial charge in [0.05, 0.1) is 6.04 Å². The average Bonchev–Trinajstić information content (AvgIpc) is 3.20. The summed E-state index contributed by atoms with van der Waals surface area (Å²) < 4.78 is 5.72. The number of amides is 1. The highest BCUT2D eigenvalue weighted by Crippen LogP contribution is 2.32. The smallest absolute Gasteiger partial charge is 0.233 e. The van der Waals surface area contributed by atoms with Crippen LogP contribution >= 0.6 is 0 Å². The van der Waals surface area contributed by atoms with Gasteiger partial charge in [-0.3, -0.25) is 9.69 Å². The highest BCUT2D eigenvalue weighted by molar-refractivity contribution is 5.78. The molecule has 6 heteroatoms. The van der Waals surface area contributed by atoms with Crippen molar-refractivity contribution >= 4 is 5.91 Å². The summed E-state index contributed by atoms with van der Waals surface area (Å²) in [7, 11) is 0. The molecule has 2 aliphatic rings. The zero-order valence-electron chi connectivity index (χ0n) is 13.9. The minimum atomic E-state index is 0.0822. The van der Waals surface area contributed by atoms with Crippen molar-refractivity contribution in [3.8, 4) is 0 Å². The topological polar surface area (TPSA) is 62.5 Å². The Balaban J connectivity index is 1.55. The summed E-state index contributed by atoms with van der Waals surface area (Å²) in [4.78, 5) is 16.2. The number of rotatable bonds is 4. The van der Waals surface area contributed by atoms with Crippen LogP contribution in [0.15, 0.2) is 28.7 Å². The maximum absolute atomic E-state index is 11.9. The van der Waals surface area contributed by atoms with Crippen LogP contribution in [-0.4, -0.2) is 45.5 Å². The van der Waals surface area contributed by atoms with Crippen LogP contribution in [0.3, 0.4) is 0 Å². The molecule has 1 saturated heterocycles. The number of hydrogen-bond donors (Lipinski definition) is 0. The number of aromatic nitrogens is 2. The van der Waals surface area contributed by atoms with Crippen molar-refractivity contribution in [1.29, 1.82) is 0 Å². The van der Waals surface area contributed by atoms with Gasteiger partial charge in [0.25, 0.3) is 0 Å². The number of carbonyl (C=O) groups excluding carboxylic acids is 1. The Bertz CT molecular complexity index is 742. The van der Waals surface area contributed by atoms with Crippen LogP contribution in [0.4, 0.5) is 0 Å². The third-order valence-electron chi connectivity index (χ3n) is 5.00. The molecule has 24 heavy (non-hydrogen) atoms. The van der Waals surface area contributed by atoms with Crippen LogP contribution in [0.25, 0.3) is 0 Å². The number of benzene rings is 1. The van der Waals surface area contributed by atoms with E-state index in [1.807, 2.05) is 11.8 Å². The lowest BCUT2D eigenvalue weighted by Gasteiger charge is -2.35. The maximum Gasteiger partial charge on any atom is 0.233 e. The first-order valence-electron chi connectivity index (χ1n) is 8.59. The van der Waals surface area contributed by atoms with E-state index in [4.69, 9.17) is 4.42 Å². The first-order valence-corrected chi connectivity index (χ1v) is 8.59. The quantitative estimate of drug-likeness (QED) is 0.861. The van der Waals surface area contributed by atoms with Crippen molar-refractivity contribution in [2.24, 2.45) is 0 Å². The molecule has 0 aliphatic carbocycles. The second kappa shape index (κ2) is 6.36. The van der Waals surface area contributed by atoms with Gasteiger partial charge >= 0.3 is 0 Å². The summed E-state index contributed by atoms with van der Waals surface area (Å²) in [6, 6.07) is 8.59. The van der Waals surface area contributed by atoms with E-state index in [2.05, 4.69) is 39.4 Å². The first kappa shape index (κ1) is 15.3. The van der Waals surface area contributed by atoms with E-state index in [9.17, 15) is 4.79 Å². The molecule has 4 rings (SSSR count). The normalized spacial score (nSPS) is 21.3. The molecule has 0 saturated carbocycles. The average molecular weight is 326 g/mol. The van der Waals surface area contributed by atoms with Crippen molar-refractivity contribution in [2.75, 3.05) is 19.6 Å². The third kappa shape index (κ3) is 2.94. The van der Waals surface area contributed by atoms with Crippen molar-refractivity contribution in [1.82, 2.24) is 20.0 Å². The number of carbonyl (C=O) groups is 1. The minimum absolute atomic E-state index is 0.0822. The largest absolute Gasteiger partial charge is 0.424 e. The summed E-state index contributed by atoms with van der Waals surface area (Å²) in [6.45, 7) is 5.15. The highest BCUT2D eigenvalue weighted by Gasteiger charge is 2.32. The molecule has 3 heterocycles. The highest BCUT2D eigenvalue weighted by atomic mass is 16.4. The van der Waals surface area contributed by atoms with Gasteiger partial charge in [-0.25, -0.2) is 0 Å². The van der Waals surface area contributed by atoms with Crippen LogP contribution in [-0.2, 0) is 17.8 Å². The molecule has 6 nitrogen and oxygen atoms in total. The lowest BCUT2D eigenvalue weighted by atomic mass is 9.94. The van der Waals surface area contributed by atoms with E-state index in [-0.39, 0.29) is 11.9 Å². The second-order valence-corrected chi connectivity index (χ2v) is 6.60. The standard InChI is InChI=1S/C18H22N4O2/c1-13-19-20-18(24-13)16-11-14-5-2-3-6-15(14)12-22(16)10-9-21-8-4-7-17(21)23/h2-3,5-6,16H,4,7-12H2,1H3/t16-/m1/s1. The van der Waals surface area contributed by atoms with Crippen LogP contribution in [0, 0.1) is 6.92 Å². The summed E-state index contributed by atoms with van der Waals surface area (Å²) >= 11 is 0. The Hall–Kier alpha value is -2.21. The van der Waals surface area contributed by atoms with Crippen molar-refractivity contribution in [2.45, 2.75) is 38.8 Å². The maximum atomic E-state index is 11.9. The van der Waals surface area contributed by atoms with Gasteiger partial charge in [-0.15, -0.1) is 10.2 Å². The van der Waals surface area contributed by atoms with Crippen LogP contribution in [0.2, 0.25) is 0 Å². The SMILES string of the molecule is Cc1nnc([C@H]2Cc3ccccc3CN2CCN2CCCC2=O)o1. The minimum Gasteiger partial charge on any atom is -0.424 e. The van der Waals surface area contributed by atoms with Crippen LogP contribution in [0.5, 0.6) is 0 Å². The van der Waals surface area contributed by atoms with Gasteiger partial charge in [-0.1, -0.05) is 24.3 Å². The predicted octanol–water partition coefficient (Wildman–Crippen LogP) is 2.10. The molecule has 0 N–H and O–H groups in total. The number of nitrogens with zero attached hydrogens (tertiary/aromatic N) is 4. The Labute approximate surface area is 141 Å². The number of aryl methyl sites for hydroxylation is 1. The Morgan fingerprint density at radius 2 is 2.04 bits per heavy atom. The zero-order valence-corrected chi connectivity index (χ0v) is 13.9. The number of hydrogen-bond acceptors (Lipinski definition) is 5.